The molecule has 3 rings (SSSR count). The zero-order chi connectivity index (χ0) is 17.9. The molecular formula is C20H30O4. The predicted molar refractivity (Wildman–Crippen MR) is 92.5 cm³/mol. The van der Waals surface area contributed by atoms with Crippen molar-refractivity contribution < 1.29 is 19.7 Å². The summed E-state index contributed by atoms with van der Waals surface area (Å²) < 4.78 is 5.73. The quantitative estimate of drug-likeness (QED) is 0.528. The molecule has 2 aliphatic carbocycles. The molecule has 1 unspecified atom stereocenters. The van der Waals surface area contributed by atoms with Crippen molar-refractivity contribution in [2.45, 2.75) is 83.7 Å². The van der Waals surface area contributed by atoms with Crippen molar-refractivity contribution in [1.29, 1.82) is 0 Å². The van der Waals surface area contributed by atoms with E-state index in [1.807, 2.05) is 20.8 Å². The number of hydrogen-bond donors (Lipinski definition) is 2. The second-order valence-corrected chi connectivity index (χ2v) is 8.61. The molecule has 1 saturated heterocycles. The van der Waals surface area contributed by atoms with Gasteiger partial charge >= 0.3 is 0 Å². The van der Waals surface area contributed by atoms with Gasteiger partial charge < -0.3 is 14.9 Å². The molecule has 6 atom stereocenters. The number of carbonyl (C=O) groups excluding carboxylic acids is 1. The Kier molecular flexibility index (Phi) is 4.10. The number of fused-ring (bicyclic) bond motifs is 3. The molecule has 3 aliphatic rings. The number of aliphatic hydroxyl groups is 2. The van der Waals surface area contributed by atoms with Crippen LogP contribution in [0.25, 0.3) is 0 Å². The molecule has 0 aromatic rings. The zero-order valence-corrected chi connectivity index (χ0v) is 15.4. The van der Waals surface area contributed by atoms with Gasteiger partial charge in [-0.25, -0.2) is 0 Å². The van der Waals surface area contributed by atoms with Gasteiger partial charge in [-0.3, -0.25) is 4.79 Å². The van der Waals surface area contributed by atoms with E-state index in [-0.39, 0.29) is 11.7 Å². The molecule has 0 spiro atoms. The first-order valence-electron chi connectivity index (χ1n) is 9.03. The van der Waals surface area contributed by atoms with E-state index in [4.69, 9.17) is 4.74 Å². The Hall–Kier alpha value is -0.970. The summed E-state index contributed by atoms with van der Waals surface area (Å²) >= 11 is 0. The van der Waals surface area contributed by atoms with E-state index in [1.54, 1.807) is 13.0 Å². The fourth-order valence-corrected chi connectivity index (χ4v) is 4.46. The van der Waals surface area contributed by atoms with Crippen LogP contribution in [0.5, 0.6) is 0 Å². The van der Waals surface area contributed by atoms with Gasteiger partial charge in [0.1, 0.15) is 11.7 Å². The Morgan fingerprint density at radius 3 is 2.58 bits per heavy atom. The van der Waals surface area contributed by atoms with Gasteiger partial charge in [0, 0.05) is 11.0 Å². The second kappa shape index (κ2) is 5.52. The molecule has 1 aliphatic heterocycles. The lowest BCUT2D eigenvalue weighted by atomic mass is 9.55. The van der Waals surface area contributed by atoms with Gasteiger partial charge in [-0.05, 0) is 58.4 Å². The summed E-state index contributed by atoms with van der Waals surface area (Å²) in [6.07, 6.45) is 5.82. The number of carbonyl (C=O) groups is 1. The van der Waals surface area contributed by atoms with Crippen LogP contribution >= 0.6 is 0 Å². The number of hydrogen-bond acceptors (Lipinski definition) is 4. The number of Topliss-reactive ketones (excluding diaryl/α,β-unsaturated/α-hetero) is 1. The Bertz CT molecular complexity index is 617. The Morgan fingerprint density at radius 1 is 1.25 bits per heavy atom. The number of allylic oxidation sites excluding steroid dienone is 2. The third-order valence-electron chi connectivity index (χ3n) is 7.05. The second-order valence-electron chi connectivity index (χ2n) is 8.61. The lowest BCUT2D eigenvalue weighted by molar-refractivity contribution is -0.131. The molecular weight excluding hydrogens is 304 g/mol. The van der Waals surface area contributed by atoms with Crippen LogP contribution in [0.15, 0.2) is 23.3 Å². The van der Waals surface area contributed by atoms with Crippen LogP contribution in [0, 0.1) is 11.3 Å². The van der Waals surface area contributed by atoms with E-state index in [1.165, 1.54) is 5.57 Å². The molecule has 4 heteroatoms. The largest absolute Gasteiger partial charge is 0.389 e. The molecule has 0 aromatic carbocycles. The highest BCUT2D eigenvalue weighted by Gasteiger charge is 2.62. The van der Waals surface area contributed by atoms with Gasteiger partial charge in [-0.15, -0.1) is 0 Å². The summed E-state index contributed by atoms with van der Waals surface area (Å²) in [5, 5.41) is 21.9. The summed E-state index contributed by atoms with van der Waals surface area (Å²) in [6, 6.07) is 0. The van der Waals surface area contributed by atoms with Gasteiger partial charge in [0.05, 0.1) is 11.7 Å². The maximum absolute atomic E-state index is 13.0. The Morgan fingerprint density at radius 2 is 1.92 bits per heavy atom. The van der Waals surface area contributed by atoms with Crippen molar-refractivity contribution in [3.8, 4) is 0 Å². The van der Waals surface area contributed by atoms with Crippen LogP contribution in [0.2, 0.25) is 0 Å². The highest BCUT2D eigenvalue weighted by molar-refractivity contribution is 6.03. The molecule has 1 fully saturated rings. The van der Waals surface area contributed by atoms with Gasteiger partial charge in [0.15, 0.2) is 5.78 Å². The third kappa shape index (κ3) is 2.51. The van der Waals surface area contributed by atoms with Crippen LogP contribution < -0.4 is 0 Å². The number of aliphatic hydroxyl groups excluding tert-OH is 1. The van der Waals surface area contributed by atoms with Gasteiger partial charge in [-0.2, -0.15) is 0 Å². The smallest absolute Gasteiger partial charge is 0.193 e. The average Bonchev–Trinajstić information content (AvgIpc) is 3.18. The van der Waals surface area contributed by atoms with Crippen molar-refractivity contribution in [1.82, 2.24) is 0 Å². The molecule has 0 aromatic heterocycles. The first kappa shape index (κ1) is 17.8. The molecule has 1 heterocycles. The first-order chi connectivity index (χ1) is 11.0. The van der Waals surface area contributed by atoms with Crippen LogP contribution in [-0.2, 0) is 9.53 Å². The van der Waals surface area contributed by atoms with E-state index < -0.39 is 28.8 Å². The van der Waals surface area contributed by atoms with Crippen molar-refractivity contribution in [2.75, 3.05) is 0 Å². The summed E-state index contributed by atoms with van der Waals surface area (Å²) in [6.45, 7) is 9.75. The van der Waals surface area contributed by atoms with Crippen molar-refractivity contribution in [3.05, 3.63) is 23.3 Å². The molecule has 24 heavy (non-hydrogen) atoms. The molecule has 0 amide bonds. The predicted octanol–water partition coefficient (Wildman–Crippen LogP) is 2.93. The normalized spacial score (nSPS) is 51.5. The highest BCUT2D eigenvalue weighted by atomic mass is 16.6. The molecule has 0 saturated carbocycles. The maximum atomic E-state index is 13.0. The molecule has 2 bridgehead atoms. The first-order valence-corrected chi connectivity index (χ1v) is 9.03. The topological polar surface area (TPSA) is 70.1 Å². The summed E-state index contributed by atoms with van der Waals surface area (Å²) in [7, 11) is 0. The lowest BCUT2D eigenvalue weighted by Crippen LogP contribution is -2.57. The van der Waals surface area contributed by atoms with Gasteiger partial charge in [-0.1, -0.05) is 25.5 Å². The van der Waals surface area contributed by atoms with Crippen LogP contribution in [-0.4, -0.2) is 39.4 Å². The molecule has 4 nitrogen and oxygen atoms in total. The number of ether oxygens (including phenoxy) is 1. The fraction of sp³-hybridized carbons (Fsp3) is 0.750. The highest BCUT2D eigenvalue weighted by Crippen LogP contribution is 2.54. The minimum absolute atomic E-state index is 0.133. The van der Waals surface area contributed by atoms with Crippen molar-refractivity contribution in [2.24, 2.45) is 11.3 Å². The minimum atomic E-state index is -1.28. The van der Waals surface area contributed by atoms with E-state index in [0.29, 0.717) is 5.57 Å². The van der Waals surface area contributed by atoms with Crippen molar-refractivity contribution >= 4 is 5.78 Å². The molecule has 2 N–H and O–H groups in total. The molecule has 0 radical (unpaired) electrons. The Balaban J connectivity index is 2.08. The lowest BCUT2D eigenvalue weighted by Gasteiger charge is -2.52. The number of rotatable bonds is 0. The molecule has 134 valence electrons. The third-order valence-corrected chi connectivity index (χ3v) is 7.05. The zero-order valence-electron chi connectivity index (χ0n) is 15.4. The van der Waals surface area contributed by atoms with E-state index in [0.717, 1.165) is 25.7 Å². The minimum Gasteiger partial charge on any atom is -0.389 e. The van der Waals surface area contributed by atoms with Crippen LogP contribution in [0.1, 0.15) is 60.3 Å². The SMILES string of the molecule is C/C1=C\CCC2(C)O[C@@H]2C(=O)C2=C[C@H](O)[C@@H](C)[C@](C)(CC1)[C@@]2(C)O. The standard InChI is InChI=1S/C20H30O4/c1-12-7-6-9-19(4)17(24-19)16(22)14-11-15(21)13(2)18(3,10-8-12)20(14,5)23/h7,11,13,15,17,21,23H,6,8-10H2,1-5H3/b12-7+/t13-,15+,17-,18+,19?,20+/m1/s1. The van der Waals surface area contributed by atoms with E-state index in [9.17, 15) is 15.0 Å². The average molecular weight is 334 g/mol. The number of ketones is 1. The van der Waals surface area contributed by atoms with Crippen molar-refractivity contribution in [3.63, 3.8) is 0 Å². The van der Waals surface area contributed by atoms with E-state index in [2.05, 4.69) is 13.0 Å². The number of epoxide rings is 1. The summed E-state index contributed by atoms with van der Waals surface area (Å²) in [5.74, 6) is -0.299. The Labute approximate surface area is 144 Å². The van der Waals surface area contributed by atoms with Crippen LogP contribution in [0.3, 0.4) is 0 Å². The maximum Gasteiger partial charge on any atom is 0.193 e. The van der Waals surface area contributed by atoms with Crippen LogP contribution in [0.4, 0.5) is 0 Å². The summed E-state index contributed by atoms with van der Waals surface area (Å²) in [5.41, 5.74) is -0.695. The van der Waals surface area contributed by atoms with Gasteiger partial charge in [0.25, 0.3) is 0 Å². The fourth-order valence-electron chi connectivity index (χ4n) is 4.46. The van der Waals surface area contributed by atoms with Gasteiger partial charge in [0.2, 0.25) is 0 Å². The van der Waals surface area contributed by atoms with E-state index >= 15 is 0 Å². The monoisotopic (exact) mass is 334 g/mol. The summed E-state index contributed by atoms with van der Waals surface area (Å²) in [4.78, 5) is 13.0.